The molecule has 26 heavy (non-hydrogen) atoms. The van der Waals surface area contributed by atoms with Crippen LogP contribution in [0.3, 0.4) is 0 Å². The maximum atomic E-state index is 12.6. The Morgan fingerprint density at radius 2 is 1.92 bits per heavy atom. The average molecular weight is 355 g/mol. The molecule has 2 unspecified atom stereocenters. The van der Waals surface area contributed by atoms with Gasteiger partial charge in [-0.05, 0) is 11.6 Å². The lowest BCUT2D eigenvalue weighted by molar-refractivity contribution is -0.144. The van der Waals surface area contributed by atoms with E-state index in [0.717, 1.165) is 5.56 Å². The number of nitrogens with one attached hydrogen (secondary N) is 1. The zero-order valence-corrected chi connectivity index (χ0v) is 14.5. The Balaban J connectivity index is 1.67. The number of hydrogen-bond donors (Lipinski definition) is 2. The normalized spacial score (nSPS) is 19.9. The molecule has 1 amide bonds. The summed E-state index contributed by atoms with van der Waals surface area (Å²) >= 11 is 0. The number of ether oxygens (including phenoxy) is 1. The third-order valence-corrected chi connectivity index (χ3v) is 4.51. The summed E-state index contributed by atoms with van der Waals surface area (Å²) in [4.78, 5) is 30.3. The van der Waals surface area contributed by atoms with E-state index in [0.29, 0.717) is 31.2 Å². The fraction of sp³-hybridized carbons (Fsp3) is 0.316. The number of benzene rings is 1. The second-order valence-electron chi connectivity index (χ2n) is 6.31. The van der Waals surface area contributed by atoms with Crippen LogP contribution in [0.4, 0.5) is 5.69 Å². The Kier molecular flexibility index (Phi) is 5.48. The fourth-order valence-corrected chi connectivity index (χ4v) is 3.18. The zero-order valence-electron chi connectivity index (χ0n) is 14.5. The maximum absolute atomic E-state index is 12.6. The number of hydrogen-bond acceptors (Lipinski definition) is 5. The predicted octanol–water partition coefficient (Wildman–Crippen LogP) is 1.86. The number of carbonyl (C=O) groups excluding carboxylic acids is 1. The number of amides is 1. The highest BCUT2D eigenvalue weighted by molar-refractivity contribution is 5.95. The van der Waals surface area contributed by atoms with Gasteiger partial charge in [0.25, 0.3) is 0 Å². The van der Waals surface area contributed by atoms with Gasteiger partial charge < -0.3 is 15.2 Å². The second kappa shape index (κ2) is 7.97. The monoisotopic (exact) mass is 355 g/mol. The molecular weight excluding hydrogens is 334 g/mol. The minimum atomic E-state index is -0.950. The van der Waals surface area contributed by atoms with Crippen molar-refractivity contribution < 1.29 is 19.4 Å². The summed E-state index contributed by atoms with van der Waals surface area (Å²) in [6, 6.07) is 13.1. The van der Waals surface area contributed by atoms with Gasteiger partial charge in [-0.25, -0.2) is 4.98 Å². The highest BCUT2D eigenvalue weighted by Crippen LogP contribution is 2.27. The Hall–Kier alpha value is -2.93. The van der Waals surface area contributed by atoms with Crippen LogP contribution < -0.4 is 10.1 Å². The SMILES string of the molecule is COc1ccc(NC(=O)C2CN(Cc3ccccc3)CC2C(=O)O)cn1. The number of nitrogens with zero attached hydrogens (tertiary/aromatic N) is 2. The molecular formula is C19H21N3O4. The molecule has 0 radical (unpaired) electrons. The zero-order chi connectivity index (χ0) is 18.5. The quantitative estimate of drug-likeness (QED) is 0.822. The Bertz CT molecular complexity index is 764. The van der Waals surface area contributed by atoms with E-state index >= 15 is 0 Å². The van der Waals surface area contributed by atoms with Gasteiger partial charge in [0.2, 0.25) is 11.8 Å². The van der Waals surface area contributed by atoms with Gasteiger partial charge in [0, 0.05) is 25.7 Å². The number of likely N-dealkylation sites (tertiary alicyclic amines) is 1. The molecule has 1 aromatic carbocycles. The summed E-state index contributed by atoms with van der Waals surface area (Å²) in [5.74, 6) is -2.15. The number of rotatable bonds is 6. The third kappa shape index (κ3) is 4.18. The first-order valence-corrected chi connectivity index (χ1v) is 8.37. The number of methoxy groups -OCH3 is 1. The smallest absolute Gasteiger partial charge is 0.308 e. The Morgan fingerprint density at radius 1 is 1.19 bits per heavy atom. The minimum absolute atomic E-state index is 0.306. The van der Waals surface area contributed by atoms with E-state index in [1.807, 2.05) is 35.2 Å². The van der Waals surface area contributed by atoms with Gasteiger partial charge in [0.15, 0.2) is 0 Å². The molecule has 0 spiro atoms. The lowest BCUT2D eigenvalue weighted by Gasteiger charge is -2.16. The van der Waals surface area contributed by atoms with Crippen molar-refractivity contribution in [1.29, 1.82) is 0 Å². The van der Waals surface area contributed by atoms with Crippen LogP contribution >= 0.6 is 0 Å². The first kappa shape index (κ1) is 17.9. The van der Waals surface area contributed by atoms with Crippen molar-refractivity contribution in [3.05, 3.63) is 54.2 Å². The number of aromatic nitrogens is 1. The van der Waals surface area contributed by atoms with Gasteiger partial charge in [0.05, 0.1) is 30.8 Å². The Morgan fingerprint density at radius 3 is 2.54 bits per heavy atom. The molecule has 1 fully saturated rings. The van der Waals surface area contributed by atoms with Gasteiger partial charge in [-0.1, -0.05) is 30.3 Å². The molecule has 3 rings (SSSR count). The number of anilines is 1. The first-order chi connectivity index (χ1) is 12.6. The molecule has 7 heteroatoms. The number of pyridine rings is 1. The number of carboxylic acid groups (broad SMARTS) is 1. The lowest BCUT2D eigenvalue weighted by Crippen LogP contribution is -2.32. The van der Waals surface area contributed by atoms with Crippen LogP contribution in [0.1, 0.15) is 5.56 Å². The van der Waals surface area contributed by atoms with E-state index in [4.69, 9.17) is 4.74 Å². The minimum Gasteiger partial charge on any atom is -0.481 e. The number of carboxylic acids is 1. The standard InChI is InChI=1S/C19H21N3O4/c1-26-17-8-7-14(9-20-17)21-18(23)15-11-22(12-16(15)19(24)25)10-13-5-3-2-4-6-13/h2-9,15-16H,10-12H2,1H3,(H,21,23)(H,24,25). The van der Waals surface area contributed by atoms with Gasteiger partial charge in [-0.2, -0.15) is 0 Å². The molecule has 1 saturated heterocycles. The van der Waals surface area contributed by atoms with Crippen molar-refractivity contribution in [1.82, 2.24) is 9.88 Å². The molecule has 2 atom stereocenters. The van der Waals surface area contributed by atoms with Crippen LogP contribution in [0, 0.1) is 11.8 Å². The van der Waals surface area contributed by atoms with Crippen LogP contribution in [-0.4, -0.2) is 47.1 Å². The average Bonchev–Trinajstić information content (AvgIpc) is 3.07. The van der Waals surface area contributed by atoms with E-state index < -0.39 is 17.8 Å². The number of aliphatic carboxylic acids is 1. The molecule has 2 aromatic rings. The summed E-state index contributed by atoms with van der Waals surface area (Å²) in [7, 11) is 1.51. The number of carbonyl (C=O) groups is 2. The molecule has 0 bridgehead atoms. The molecule has 2 heterocycles. The van der Waals surface area contributed by atoms with Crippen molar-refractivity contribution in [2.45, 2.75) is 6.54 Å². The van der Waals surface area contributed by atoms with Gasteiger partial charge in [-0.3, -0.25) is 14.5 Å². The Labute approximate surface area is 151 Å². The third-order valence-electron chi connectivity index (χ3n) is 4.51. The van der Waals surface area contributed by atoms with E-state index in [1.54, 1.807) is 12.1 Å². The lowest BCUT2D eigenvalue weighted by atomic mass is 9.95. The maximum Gasteiger partial charge on any atom is 0.308 e. The molecule has 136 valence electrons. The van der Waals surface area contributed by atoms with Crippen LogP contribution in [-0.2, 0) is 16.1 Å². The van der Waals surface area contributed by atoms with E-state index in [2.05, 4.69) is 10.3 Å². The van der Waals surface area contributed by atoms with Crippen molar-refractivity contribution in [3.8, 4) is 5.88 Å². The molecule has 0 saturated carbocycles. The summed E-state index contributed by atoms with van der Waals surface area (Å²) < 4.78 is 4.98. The van der Waals surface area contributed by atoms with Crippen molar-refractivity contribution in [2.75, 3.05) is 25.5 Å². The second-order valence-corrected chi connectivity index (χ2v) is 6.31. The summed E-state index contributed by atoms with van der Waals surface area (Å²) in [6.45, 7) is 1.38. The predicted molar refractivity (Wildman–Crippen MR) is 95.8 cm³/mol. The molecule has 0 aliphatic carbocycles. The summed E-state index contributed by atoms with van der Waals surface area (Å²) in [5, 5.41) is 12.3. The van der Waals surface area contributed by atoms with E-state index in [-0.39, 0.29) is 5.91 Å². The van der Waals surface area contributed by atoms with E-state index in [9.17, 15) is 14.7 Å². The topological polar surface area (TPSA) is 91.8 Å². The van der Waals surface area contributed by atoms with Crippen LogP contribution in [0.2, 0.25) is 0 Å². The van der Waals surface area contributed by atoms with E-state index in [1.165, 1.54) is 13.3 Å². The van der Waals surface area contributed by atoms with Crippen molar-refractivity contribution in [3.63, 3.8) is 0 Å². The van der Waals surface area contributed by atoms with Gasteiger partial charge in [0.1, 0.15) is 0 Å². The highest BCUT2D eigenvalue weighted by atomic mass is 16.5. The highest BCUT2D eigenvalue weighted by Gasteiger charge is 2.41. The molecule has 2 N–H and O–H groups in total. The fourth-order valence-electron chi connectivity index (χ4n) is 3.18. The largest absolute Gasteiger partial charge is 0.481 e. The first-order valence-electron chi connectivity index (χ1n) is 8.37. The van der Waals surface area contributed by atoms with Crippen LogP contribution in [0.25, 0.3) is 0 Å². The molecule has 7 nitrogen and oxygen atoms in total. The molecule has 1 aromatic heterocycles. The van der Waals surface area contributed by atoms with Gasteiger partial charge >= 0.3 is 5.97 Å². The molecule has 1 aliphatic rings. The summed E-state index contributed by atoms with van der Waals surface area (Å²) in [5.41, 5.74) is 1.61. The van der Waals surface area contributed by atoms with Crippen LogP contribution in [0.5, 0.6) is 5.88 Å². The van der Waals surface area contributed by atoms with Crippen LogP contribution in [0.15, 0.2) is 48.7 Å². The van der Waals surface area contributed by atoms with Gasteiger partial charge in [-0.15, -0.1) is 0 Å². The summed E-state index contributed by atoms with van der Waals surface area (Å²) in [6.07, 6.45) is 1.49. The van der Waals surface area contributed by atoms with Crippen molar-refractivity contribution >= 4 is 17.6 Å². The van der Waals surface area contributed by atoms with Crippen molar-refractivity contribution in [2.24, 2.45) is 11.8 Å². The molecule has 1 aliphatic heterocycles.